The number of aromatic nitrogens is 5. The molecule has 1 amide bonds. The van der Waals surface area contributed by atoms with Crippen molar-refractivity contribution >= 4 is 22.9 Å². The first-order valence-corrected chi connectivity index (χ1v) is 10.1. The van der Waals surface area contributed by atoms with Gasteiger partial charge in [-0.1, -0.05) is 5.92 Å². The molecule has 3 heterocycles. The van der Waals surface area contributed by atoms with Crippen LogP contribution < -0.4 is 10.6 Å². The standard InChI is InChI=1S/C21H21N7O4/c1-22-18-14-19(27-13(26-18)4-3-10-5-11(29)8-24-7-10)28(9-25-14)15-12-6-21(12,20(32)23-2)17(31)16(15)30/h5,7-9,12,15-17,29-31H,6H2,1-2H3,(H,23,32)(H,22,26,27)/t12?,15-,16?,17+,21-/m1/s1. The number of hydrogen-bond acceptors (Lipinski definition) is 9. The normalized spacial score (nSPS) is 28.0. The molecule has 32 heavy (non-hydrogen) atoms. The van der Waals surface area contributed by atoms with Crippen LogP contribution in [0.15, 0.2) is 24.8 Å². The number of aliphatic hydroxyl groups is 2. The number of fused-ring (bicyclic) bond motifs is 2. The summed E-state index contributed by atoms with van der Waals surface area (Å²) in [5, 5.41) is 36.6. The van der Waals surface area contributed by atoms with E-state index in [1.807, 2.05) is 0 Å². The van der Waals surface area contributed by atoms with Crippen LogP contribution in [0, 0.1) is 23.2 Å². The van der Waals surface area contributed by atoms with Crippen molar-refractivity contribution in [3.8, 4) is 17.6 Å². The van der Waals surface area contributed by atoms with Crippen LogP contribution in [0.4, 0.5) is 5.82 Å². The Bertz CT molecular complexity index is 1300. The van der Waals surface area contributed by atoms with Crippen LogP contribution in [0.2, 0.25) is 0 Å². The van der Waals surface area contributed by atoms with Crippen molar-refractivity contribution in [2.24, 2.45) is 11.3 Å². The van der Waals surface area contributed by atoms with Gasteiger partial charge in [-0.15, -0.1) is 0 Å². The first-order valence-electron chi connectivity index (χ1n) is 10.1. The fourth-order valence-electron chi connectivity index (χ4n) is 4.78. The zero-order valence-electron chi connectivity index (χ0n) is 17.3. The third kappa shape index (κ3) is 2.80. The van der Waals surface area contributed by atoms with Crippen molar-refractivity contribution in [2.75, 3.05) is 19.4 Å². The molecule has 2 aliphatic carbocycles. The Morgan fingerprint density at radius 1 is 1.25 bits per heavy atom. The predicted molar refractivity (Wildman–Crippen MR) is 112 cm³/mol. The van der Waals surface area contributed by atoms with Crippen LogP contribution in [0.3, 0.4) is 0 Å². The van der Waals surface area contributed by atoms with E-state index in [2.05, 4.69) is 42.4 Å². The molecular formula is C21H21N7O4. The number of rotatable bonds is 3. The van der Waals surface area contributed by atoms with Crippen LogP contribution >= 0.6 is 0 Å². The van der Waals surface area contributed by atoms with E-state index in [9.17, 15) is 20.1 Å². The molecule has 5 atom stereocenters. The van der Waals surface area contributed by atoms with Crippen molar-refractivity contribution < 1.29 is 20.1 Å². The Labute approximate surface area is 182 Å². The number of pyridine rings is 1. The Balaban J connectivity index is 1.58. The molecule has 11 heteroatoms. The largest absolute Gasteiger partial charge is 0.506 e. The summed E-state index contributed by atoms with van der Waals surface area (Å²) in [7, 11) is 3.22. The van der Waals surface area contributed by atoms with Crippen LogP contribution in [-0.2, 0) is 4.79 Å². The molecule has 5 rings (SSSR count). The van der Waals surface area contributed by atoms with Crippen LogP contribution in [0.25, 0.3) is 11.2 Å². The Morgan fingerprint density at radius 3 is 2.78 bits per heavy atom. The maximum atomic E-state index is 12.4. The highest BCUT2D eigenvalue weighted by molar-refractivity contribution is 5.88. The highest BCUT2D eigenvalue weighted by Gasteiger charge is 2.75. The lowest BCUT2D eigenvalue weighted by Crippen LogP contribution is -2.41. The molecule has 0 bridgehead atoms. The number of imidazole rings is 1. The molecule has 0 aliphatic heterocycles. The molecule has 164 valence electrons. The van der Waals surface area contributed by atoms with Gasteiger partial charge in [0.15, 0.2) is 17.0 Å². The second-order valence-electron chi connectivity index (χ2n) is 8.01. The molecule has 3 aromatic rings. The number of anilines is 1. The summed E-state index contributed by atoms with van der Waals surface area (Å²) in [5.41, 5.74) is 0.408. The van der Waals surface area contributed by atoms with Crippen molar-refractivity contribution in [1.82, 2.24) is 29.8 Å². The summed E-state index contributed by atoms with van der Waals surface area (Å²) in [4.78, 5) is 29.6. The molecule has 11 nitrogen and oxygen atoms in total. The van der Waals surface area contributed by atoms with Gasteiger partial charge in [-0.2, -0.15) is 0 Å². The maximum Gasteiger partial charge on any atom is 0.229 e. The summed E-state index contributed by atoms with van der Waals surface area (Å²) in [6.45, 7) is 0. The van der Waals surface area contributed by atoms with Gasteiger partial charge in [0.05, 0.1) is 30.1 Å². The van der Waals surface area contributed by atoms with E-state index in [4.69, 9.17) is 0 Å². The Morgan fingerprint density at radius 2 is 2.06 bits per heavy atom. The second kappa shape index (κ2) is 7.15. The molecule has 2 saturated carbocycles. The molecule has 2 aliphatic rings. The van der Waals surface area contributed by atoms with E-state index >= 15 is 0 Å². The minimum absolute atomic E-state index is 0.0000255. The van der Waals surface area contributed by atoms with Gasteiger partial charge in [-0.25, -0.2) is 15.0 Å². The fraction of sp³-hybridized carbons (Fsp3) is 0.381. The summed E-state index contributed by atoms with van der Waals surface area (Å²) in [6.07, 6.45) is 2.49. The molecule has 0 aromatic carbocycles. The van der Waals surface area contributed by atoms with Crippen molar-refractivity contribution in [3.05, 3.63) is 36.2 Å². The van der Waals surface area contributed by atoms with Crippen molar-refractivity contribution in [3.63, 3.8) is 0 Å². The van der Waals surface area contributed by atoms with Gasteiger partial charge in [-0.05, 0) is 18.4 Å². The summed E-state index contributed by atoms with van der Waals surface area (Å²) in [6, 6.07) is 0.909. The Kier molecular flexibility index (Phi) is 4.51. The third-order valence-electron chi connectivity index (χ3n) is 6.34. The SMILES string of the molecule is CNC(=O)[C@]12CC1[C@@H](n1cnc3c(NC)nc(C#Cc4cncc(O)c4)nc31)C(O)[C@@H]2O. The number of nitrogens with zero attached hydrogens (tertiary/aromatic N) is 5. The first kappa shape index (κ1) is 20.2. The van der Waals surface area contributed by atoms with Gasteiger partial charge in [0, 0.05) is 31.8 Å². The minimum Gasteiger partial charge on any atom is -0.506 e. The summed E-state index contributed by atoms with van der Waals surface area (Å²) < 4.78 is 1.69. The molecule has 0 spiro atoms. The first-order chi connectivity index (χ1) is 15.4. The zero-order valence-corrected chi connectivity index (χ0v) is 17.3. The molecule has 0 radical (unpaired) electrons. The van der Waals surface area contributed by atoms with E-state index in [1.54, 1.807) is 11.6 Å². The molecule has 0 saturated heterocycles. The fourth-order valence-corrected chi connectivity index (χ4v) is 4.78. The van der Waals surface area contributed by atoms with E-state index in [-0.39, 0.29) is 23.4 Å². The lowest BCUT2D eigenvalue weighted by atomic mass is 9.98. The highest BCUT2D eigenvalue weighted by Crippen LogP contribution is 2.67. The van der Waals surface area contributed by atoms with Gasteiger partial charge in [0.2, 0.25) is 11.7 Å². The number of aliphatic hydroxyl groups excluding tert-OH is 2. The predicted octanol–water partition coefficient (Wildman–Crippen LogP) is -0.603. The van der Waals surface area contributed by atoms with E-state index in [0.29, 0.717) is 29.0 Å². The third-order valence-corrected chi connectivity index (χ3v) is 6.34. The lowest BCUT2D eigenvalue weighted by molar-refractivity contribution is -0.132. The molecular weight excluding hydrogens is 414 g/mol. The van der Waals surface area contributed by atoms with Crippen LogP contribution in [0.5, 0.6) is 5.75 Å². The van der Waals surface area contributed by atoms with Gasteiger partial charge in [-0.3, -0.25) is 9.78 Å². The lowest BCUT2D eigenvalue weighted by Gasteiger charge is -2.23. The monoisotopic (exact) mass is 435 g/mol. The molecule has 5 N–H and O–H groups in total. The second-order valence-corrected chi connectivity index (χ2v) is 8.01. The van der Waals surface area contributed by atoms with Gasteiger partial charge in [0.25, 0.3) is 0 Å². The summed E-state index contributed by atoms with van der Waals surface area (Å²) >= 11 is 0. The number of amides is 1. The van der Waals surface area contributed by atoms with Gasteiger partial charge >= 0.3 is 0 Å². The van der Waals surface area contributed by atoms with Crippen LogP contribution in [-0.4, -0.2) is 72.0 Å². The number of aromatic hydroxyl groups is 1. The number of nitrogens with one attached hydrogen (secondary N) is 2. The van der Waals surface area contributed by atoms with E-state index < -0.39 is 23.7 Å². The smallest absolute Gasteiger partial charge is 0.229 e. The Hall–Kier alpha value is -3.75. The van der Waals surface area contributed by atoms with E-state index in [1.165, 1.54) is 31.8 Å². The van der Waals surface area contributed by atoms with Crippen molar-refractivity contribution in [2.45, 2.75) is 24.7 Å². The molecule has 2 unspecified atom stereocenters. The average Bonchev–Trinajstić information content (AvgIpc) is 3.33. The maximum absolute atomic E-state index is 12.4. The van der Waals surface area contributed by atoms with Gasteiger partial charge < -0.3 is 30.5 Å². The number of carbonyl (C=O) groups excluding carboxylic acids is 1. The van der Waals surface area contributed by atoms with Gasteiger partial charge in [0.1, 0.15) is 11.9 Å². The van der Waals surface area contributed by atoms with E-state index in [0.717, 1.165) is 0 Å². The highest BCUT2D eigenvalue weighted by atomic mass is 16.3. The summed E-state index contributed by atoms with van der Waals surface area (Å²) in [5.74, 6) is 5.85. The average molecular weight is 435 g/mol. The molecule has 3 aromatic heterocycles. The van der Waals surface area contributed by atoms with Crippen LogP contribution in [0.1, 0.15) is 23.9 Å². The zero-order chi connectivity index (χ0) is 22.6. The number of hydrogen-bond donors (Lipinski definition) is 5. The quantitative estimate of drug-likeness (QED) is 0.339. The van der Waals surface area contributed by atoms with Crippen molar-refractivity contribution in [1.29, 1.82) is 0 Å². The number of carbonyl (C=O) groups is 1. The molecule has 2 fully saturated rings. The topological polar surface area (TPSA) is 158 Å². The minimum atomic E-state index is -1.18.